The quantitative estimate of drug-likeness (QED) is 0.796. The van der Waals surface area contributed by atoms with Crippen molar-refractivity contribution in [1.29, 1.82) is 0 Å². The van der Waals surface area contributed by atoms with Crippen molar-refractivity contribution in [2.45, 2.75) is 13.0 Å². The van der Waals surface area contributed by atoms with Gasteiger partial charge in [0.2, 0.25) is 5.95 Å². The predicted molar refractivity (Wildman–Crippen MR) is 85.9 cm³/mol. The van der Waals surface area contributed by atoms with Gasteiger partial charge in [0.05, 0.1) is 0 Å². The molecule has 0 spiro atoms. The molecule has 0 unspecified atom stereocenters. The lowest BCUT2D eigenvalue weighted by Crippen LogP contribution is -2.27. The third-order valence-corrected chi connectivity index (χ3v) is 3.30. The zero-order valence-electron chi connectivity index (χ0n) is 10.7. The molecule has 2 aromatic rings. The van der Waals surface area contributed by atoms with Crippen LogP contribution in [0.3, 0.4) is 0 Å². The van der Waals surface area contributed by atoms with Gasteiger partial charge in [-0.05, 0) is 41.1 Å². The first-order chi connectivity index (χ1) is 9.29. The second-order valence-electron chi connectivity index (χ2n) is 4.25. The Morgan fingerprint density at radius 2 is 1.79 bits per heavy atom. The van der Waals surface area contributed by atoms with Crippen molar-refractivity contribution >= 4 is 28.5 Å². The summed E-state index contributed by atoms with van der Waals surface area (Å²) in [5.41, 5.74) is 6.86. The highest BCUT2D eigenvalue weighted by Crippen LogP contribution is 2.13. The van der Waals surface area contributed by atoms with E-state index in [0.29, 0.717) is 6.54 Å². The summed E-state index contributed by atoms with van der Waals surface area (Å²) >= 11 is 2.21. The third kappa shape index (κ3) is 4.43. The zero-order valence-corrected chi connectivity index (χ0v) is 12.8. The van der Waals surface area contributed by atoms with Gasteiger partial charge in [0, 0.05) is 29.1 Å². The van der Waals surface area contributed by atoms with Gasteiger partial charge in [0.1, 0.15) is 0 Å². The van der Waals surface area contributed by atoms with Gasteiger partial charge in [0.15, 0.2) is 0 Å². The summed E-state index contributed by atoms with van der Waals surface area (Å²) in [6.45, 7) is 2.35. The largest absolute Gasteiger partial charge is 0.336 e. The first kappa shape index (κ1) is 14.2. The highest BCUT2D eigenvalue weighted by Gasteiger charge is 2.09. The lowest BCUT2D eigenvalue weighted by Gasteiger charge is -2.22. The van der Waals surface area contributed by atoms with E-state index in [1.165, 1.54) is 5.56 Å². The number of hydrogen-bond acceptors (Lipinski definition) is 4. The van der Waals surface area contributed by atoms with Gasteiger partial charge in [-0.2, -0.15) is 0 Å². The van der Waals surface area contributed by atoms with E-state index in [9.17, 15) is 0 Å². The first-order valence-corrected chi connectivity index (χ1v) is 7.34. The Bertz CT molecular complexity index is 487. The smallest absolute Gasteiger partial charge is 0.225 e. The van der Waals surface area contributed by atoms with Crippen LogP contribution >= 0.6 is 22.6 Å². The molecule has 19 heavy (non-hydrogen) atoms. The highest BCUT2D eigenvalue weighted by atomic mass is 127. The molecule has 1 aromatic heterocycles. The maximum Gasteiger partial charge on any atom is 0.225 e. The Morgan fingerprint density at radius 3 is 2.42 bits per heavy atom. The summed E-state index contributed by atoms with van der Waals surface area (Å²) in [4.78, 5) is 11.0. The number of hydrogen-bond donors (Lipinski definition) is 1. The molecule has 2 rings (SSSR count). The maximum absolute atomic E-state index is 5.60. The van der Waals surface area contributed by atoms with E-state index >= 15 is 0 Å². The number of rotatable bonds is 6. The molecule has 100 valence electrons. The van der Waals surface area contributed by atoms with Crippen molar-refractivity contribution in [2.75, 3.05) is 18.0 Å². The van der Waals surface area contributed by atoms with Crippen LogP contribution in [0.2, 0.25) is 0 Å². The van der Waals surface area contributed by atoms with Gasteiger partial charge in [-0.15, -0.1) is 0 Å². The molecule has 0 bridgehead atoms. The minimum Gasteiger partial charge on any atom is -0.336 e. The van der Waals surface area contributed by atoms with Crippen molar-refractivity contribution in [1.82, 2.24) is 9.97 Å². The van der Waals surface area contributed by atoms with Crippen molar-refractivity contribution in [3.05, 3.63) is 51.9 Å². The second kappa shape index (κ2) is 7.40. The average Bonchev–Trinajstić information content (AvgIpc) is 2.45. The number of anilines is 1. The Kier molecular flexibility index (Phi) is 5.53. The van der Waals surface area contributed by atoms with Crippen LogP contribution in [0, 0.1) is 3.57 Å². The molecule has 1 aromatic carbocycles. The van der Waals surface area contributed by atoms with Crippen LogP contribution in [0.15, 0.2) is 42.7 Å². The summed E-state index contributed by atoms with van der Waals surface area (Å²) in [7, 11) is 0. The molecule has 2 N–H and O–H groups in total. The SMILES string of the molecule is NCCCN(Cc1ccccc1)c1ncc(I)cn1. The summed E-state index contributed by atoms with van der Waals surface area (Å²) in [5, 5.41) is 0. The van der Waals surface area contributed by atoms with Crippen LogP contribution in [0.1, 0.15) is 12.0 Å². The van der Waals surface area contributed by atoms with E-state index in [0.717, 1.165) is 29.0 Å². The monoisotopic (exact) mass is 368 g/mol. The van der Waals surface area contributed by atoms with Crippen molar-refractivity contribution in [3.8, 4) is 0 Å². The molecule has 1 heterocycles. The number of nitrogens with zero attached hydrogens (tertiary/aromatic N) is 3. The van der Waals surface area contributed by atoms with Crippen LogP contribution in [-0.2, 0) is 6.54 Å². The summed E-state index contributed by atoms with van der Waals surface area (Å²) < 4.78 is 1.04. The summed E-state index contributed by atoms with van der Waals surface area (Å²) in [6, 6.07) is 10.3. The fraction of sp³-hybridized carbons (Fsp3) is 0.286. The molecule has 0 radical (unpaired) electrons. The van der Waals surface area contributed by atoms with Crippen molar-refractivity contribution < 1.29 is 0 Å². The minimum atomic E-state index is 0.676. The fourth-order valence-corrected chi connectivity index (χ4v) is 2.08. The minimum absolute atomic E-state index is 0.676. The predicted octanol–water partition coefficient (Wildman–Crippen LogP) is 2.44. The zero-order chi connectivity index (χ0) is 13.5. The molecule has 0 saturated carbocycles. The number of nitrogens with two attached hydrogens (primary N) is 1. The summed E-state index contributed by atoms with van der Waals surface area (Å²) in [6.07, 6.45) is 4.61. The van der Waals surface area contributed by atoms with E-state index in [-0.39, 0.29) is 0 Å². The Hall–Kier alpha value is -1.21. The van der Waals surface area contributed by atoms with Gasteiger partial charge in [-0.25, -0.2) is 9.97 Å². The van der Waals surface area contributed by atoms with E-state index in [4.69, 9.17) is 5.73 Å². The molecule has 4 nitrogen and oxygen atoms in total. The Labute approximate surface area is 127 Å². The first-order valence-electron chi connectivity index (χ1n) is 6.26. The molecular weight excluding hydrogens is 351 g/mol. The number of halogens is 1. The lowest BCUT2D eigenvalue weighted by atomic mass is 10.2. The normalized spacial score (nSPS) is 10.4. The van der Waals surface area contributed by atoms with E-state index in [1.54, 1.807) is 0 Å². The van der Waals surface area contributed by atoms with Crippen LogP contribution in [-0.4, -0.2) is 23.1 Å². The van der Waals surface area contributed by atoms with Gasteiger partial charge < -0.3 is 10.6 Å². The van der Waals surface area contributed by atoms with Crippen molar-refractivity contribution in [3.63, 3.8) is 0 Å². The fourth-order valence-electron chi connectivity index (χ4n) is 1.80. The molecule has 0 amide bonds. The second-order valence-corrected chi connectivity index (χ2v) is 5.50. The van der Waals surface area contributed by atoms with Gasteiger partial charge >= 0.3 is 0 Å². The third-order valence-electron chi connectivity index (χ3n) is 2.74. The number of aromatic nitrogens is 2. The molecule has 0 aliphatic rings. The summed E-state index contributed by atoms with van der Waals surface area (Å²) in [5.74, 6) is 0.762. The average molecular weight is 368 g/mol. The van der Waals surface area contributed by atoms with Crippen LogP contribution in [0.5, 0.6) is 0 Å². The Balaban J connectivity index is 2.13. The van der Waals surface area contributed by atoms with Crippen LogP contribution < -0.4 is 10.6 Å². The Morgan fingerprint density at radius 1 is 1.11 bits per heavy atom. The highest BCUT2D eigenvalue weighted by molar-refractivity contribution is 14.1. The molecule has 0 aliphatic carbocycles. The van der Waals surface area contributed by atoms with Crippen molar-refractivity contribution in [2.24, 2.45) is 5.73 Å². The standard InChI is InChI=1S/C14H17IN4/c15-13-9-17-14(18-10-13)19(8-4-7-16)11-12-5-2-1-3-6-12/h1-3,5-6,9-10H,4,7-8,11,16H2. The maximum atomic E-state index is 5.60. The van der Waals surface area contributed by atoms with Crippen LogP contribution in [0.4, 0.5) is 5.95 Å². The van der Waals surface area contributed by atoms with Gasteiger partial charge in [-0.1, -0.05) is 30.3 Å². The molecular formula is C14H17IN4. The molecule has 5 heteroatoms. The van der Waals surface area contributed by atoms with Crippen LogP contribution in [0.25, 0.3) is 0 Å². The van der Waals surface area contributed by atoms with E-state index in [1.807, 2.05) is 30.6 Å². The molecule has 0 saturated heterocycles. The molecule has 0 fully saturated rings. The van der Waals surface area contributed by atoms with E-state index in [2.05, 4.69) is 49.6 Å². The van der Waals surface area contributed by atoms with E-state index < -0.39 is 0 Å². The van der Waals surface area contributed by atoms with Gasteiger partial charge in [0.25, 0.3) is 0 Å². The number of benzene rings is 1. The molecule has 0 atom stereocenters. The molecule has 0 aliphatic heterocycles. The lowest BCUT2D eigenvalue weighted by molar-refractivity contribution is 0.713. The van der Waals surface area contributed by atoms with Gasteiger partial charge in [-0.3, -0.25) is 0 Å². The topological polar surface area (TPSA) is 55.0 Å².